The van der Waals surface area contributed by atoms with Gasteiger partial charge in [-0.25, -0.2) is 9.10 Å². The molecule has 3 N–H and O–H groups in total. The number of aromatic hydroxyl groups is 1. The van der Waals surface area contributed by atoms with Crippen LogP contribution in [0, 0.1) is 13.8 Å². The number of urea groups is 1. The summed E-state index contributed by atoms with van der Waals surface area (Å²) in [7, 11) is 0. The number of anilines is 1. The molecule has 76 valence electrons. The van der Waals surface area contributed by atoms with Gasteiger partial charge in [0.25, 0.3) is 0 Å². The van der Waals surface area contributed by atoms with Gasteiger partial charge in [0.15, 0.2) is 0 Å². The van der Waals surface area contributed by atoms with E-state index in [-0.39, 0.29) is 5.75 Å². The predicted molar refractivity (Wildman–Crippen MR) is 58.6 cm³/mol. The van der Waals surface area contributed by atoms with Gasteiger partial charge in [0.05, 0.1) is 5.69 Å². The third-order valence-corrected chi connectivity index (χ3v) is 2.36. The first kappa shape index (κ1) is 10.7. The standard InChI is InChI=1S/C9H12N2O2S/c1-5-4-8(12)6(2)3-7(5)11(14)9(10)13/h3-4,12,14H,1-2H3,(H2,10,13). The van der Waals surface area contributed by atoms with E-state index in [2.05, 4.69) is 12.8 Å². The van der Waals surface area contributed by atoms with Crippen molar-refractivity contribution >= 4 is 24.5 Å². The van der Waals surface area contributed by atoms with Crippen LogP contribution in [0.15, 0.2) is 12.1 Å². The van der Waals surface area contributed by atoms with E-state index < -0.39 is 6.03 Å². The lowest BCUT2D eigenvalue weighted by atomic mass is 10.1. The number of primary amides is 1. The summed E-state index contributed by atoms with van der Waals surface area (Å²) in [5.74, 6) is 0.192. The number of phenols is 1. The van der Waals surface area contributed by atoms with Crippen molar-refractivity contribution in [3.05, 3.63) is 23.3 Å². The minimum Gasteiger partial charge on any atom is -0.508 e. The number of nitrogens with zero attached hydrogens (tertiary/aromatic N) is 1. The molecule has 0 atom stereocenters. The highest BCUT2D eigenvalue weighted by Gasteiger charge is 2.12. The van der Waals surface area contributed by atoms with E-state index in [1.54, 1.807) is 26.0 Å². The second-order valence-corrected chi connectivity index (χ2v) is 3.48. The van der Waals surface area contributed by atoms with Crippen molar-refractivity contribution in [2.45, 2.75) is 13.8 Å². The SMILES string of the molecule is Cc1cc(N(S)C(N)=O)c(C)cc1O. The Morgan fingerprint density at radius 3 is 2.50 bits per heavy atom. The average molecular weight is 212 g/mol. The van der Waals surface area contributed by atoms with Crippen molar-refractivity contribution in [1.82, 2.24) is 0 Å². The number of carbonyl (C=O) groups excluding carboxylic acids is 1. The zero-order valence-corrected chi connectivity index (χ0v) is 8.88. The number of aryl methyl sites for hydroxylation is 2. The molecule has 1 aromatic carbocycles. The monoisotopic (exact) mass is 212 g/mol. The third kappa shape index (κ3) is 1.93. The van der Waals surface area contributed by atoms with Crippen molar-refractivity contribution < 1.29 is 9.90 Å². The van der Waals surface area contributed by atoms with E-state index in [0.29, 0.717) is 11.3 Å². The van der Waals surface area contributed by atoms with E-state index in [9.17, 15) is 9.90 Å². The lowest BCUT2D eigenvalue weighted by Gasteiger charge is -2.16. The first-order chi connectivity index (χ1) is 6.43. The molecule has 0 heterocycles. The maximum atomic E-state index is 10.9. The summed E-state index contributed by atoms with van der Waals surface area (Å²) in [6.45, 7) is 3.50. The van der Waals surface area contributed by atoms with Crippen LogP contribution in [0.25, 0.3) is 0 Å². The van der Waals surface area contributed by atoms with Crippen molar-refractivity contribution in [2.24, 2.45) is 5.73 Å². The van der Waals surface area contributed by atoms with Gasteiger partial charge in [-0.05, 0) is 37.1 Å². The molecule has 0 saturated heterocycles. The molecule has 0 spiro atoms. The van der Waals surface area contributed by atoms with Crippen molar-refractivity contribution in [3.8, 4) is 5.75 Å². The van der Waals surface area contributed by atoms with Gasteiger partial charge in [-0.3, -0.25) is 0 Å². The zero-order chi connectivity index (χ0) is 10.9. The molecule has 0 aliphatic carbocycles. The molecule has 0 fully saturated rings. The summed E-state index contributed by atoms with van der Waals surface area (Å²) >= 11 is 3.94. The number of carbonyl (C=O) groups is 1. The van der Waals surface area contributed by atoms with Gasteiger partial charge in [-0.1, -0.05) is 12.8 Å². The molecule has 2 amide bonds. The largest absolute Gasteiger partial charge is 0.508 e. The molecule has 14 heavy (non-hydrogen) atoms. The van der Waals surface area contributed by atoms with Gasteiger partial charge in [0, 0.05) is 0 Å². The average Bonchev–Trinajstić information content (AvgIpc) is 2.10. The number of rotatable bonds is 1. The van der Waals surface area contributed by atoms with Crippen molar-refractivity contribution in [2.75, 3.05) is 4.31 Å². The summed E-state index contributed by atoms with van der Waals surface area (Å²) in [6, 6.07) is 2.57. The molecule has 1 aromatic rings. The Balaban J connectivity index is 3.22. The molecule has 0 radical (unpaired) electrons. The quantitative estimate of drug-likeness (QED) is 0.621. The zero-order valence-electron chi connectivity index (χ0n) is 7.98. The summed E-state index contributed by atoms with van der Waals surface area (Å²) in [5.41, 5.74) is 7.06. The van der Waals surface area contributed by atoms with Crippen molar-refractivity contribution in [3.63, 3.8) is 0 Å². The Kier molecular flexibility index (Phi) is 2.90. The Labute approximate surface area is 87.9 Å². The molecule has 0 aliphatic rings. The lowest BCUT2D eigenvalue weighted by Crippen LogP contribution is -2.27. The summed E-state index contributed by atoms with van der Waals surface area (Å²) in [4.78, 5) is 10.9. The minimum atomic E-state index is -0.651. The van der Waals surface area contributed by atoms with Crippen LogP contribution in [0.1, 0.15) is 11.1 Å². The van der Waals surface area contributed by atoms with E-state index >= 15 is 0 Å². The number of nitrogens with two attached hydrogens (primary N) is 1. The van der Waals surface area contributed by atoms with Gasteiger partial charge in [0.2, 0.25) is 0 Å². The topological polar surface area (TPSA) is 66.6 Å². The molecule has 0 aromatic heterocycles. The Bertz CT molecular complexity index is 379. The Hall–Kier alpha value is -1.36. The normalized spacial score (nSPS) is 9.93. The second kappa shape index (κ2) is 3.79. The fourth-order valence-electron chi connectivity index (χ4n) is 1.13. The maximum absolute atomic E-state index is 10.9. The number of hydrogen-bond acceptors (Lipinski definition) is 3. The van der Waals surface area contributed by atoms with Crippen LogP contribution in [-0.2, 0) is 0 Å². The van der Waals surface area contributed by atoms with Crippen LogP contribution in [0.5, 0.6) is 5.75 Å². The molecule has 0 saturated carbocycles. The highest BCUT2D eigenvalue weighted by atomic mass is 32.1. The number of phenolic OH excluding ortho intramolecular Hbond substituents is 1. The molecule has 0 bridgehead atoms. The van der Waals surface area contributed by atoms with Crippen LogP contribution in [0.4, 0.5) is 10.5 Å². The van der Waals surface area contributed by atoms with Crippen LogP contribution in [0.2, 0.25) is 0 Å². The summed E-state index contributed by atoms with van der Waals surface area (Å²) < 4.78 is 1.04. The fraction of sp³-hybridized carbons (Fsp3) is 0.222. The molecule has 0 unspecified atom stereocenters. The molecule has 4 nitrogen and oxygen atoms in total. The van der Waals surface area contributed by atoms with Crippen LogP contribution < -0.4 is 10.0 Å². The molecule has 0 aliphatic heterocycles. The van der Waals surface area contributed by atoms with E-state index in [1.165, 1.54) is 0 Å². The summed E-state index contributed by atoms with van der Waals surface area (Å²) in [6.07, 6.45) is 0. The first-order valence-electron chi connectivity index (χ1n) is 4.02. The van der Waals surface area contributed by atoms with Gasteiger partial charge in [0.1, 0.15) is 5.75 Å². The number of amides is 2. The van der Waals surface area contributed by atoms with Crippen LogP contribution >= 0.6 is 12.8 Å². The van der Waals surface area contributed by atoms with Crippen molar-refractivity contribution in [1.29, 1.82) is 0 Å². The third-order valence-electron chi connectivity index (χ3n) is 1.95. The number of benzene rings is 1. The van der Waals surface area contributed by atoms with Gasteiger partial charge < -0.3 is 10.8 Å². The van der Waals surface area contributed by atoms with E-state index in [4.69, 9.17) is 5.73 Å². The maximum Gasteiger partial charge on any atom is 0.329 e. The first-order valence-corrected chi connectivity index (χ1v) is 4.42. The smallest absolute Gasteiger partial charge is 0.329 e. The number of thiol groups is 1. The lowest BCUT2D eigenvalue weighted by molar-refractivity contribution is 0.257. The Morgan fingerprint density at radius 1 is 1.43 bits per heavy atom. The van der Waals surface area contributed by atoms with Gasteiger partial charge in [-0.2, -0.15) is 0 Å². The van der Waals surface area contributed by atoms with Crippen LogP contribution in [0.3, 0.4) is 0 Å². The highest BCUT2D eigenvalue weighted by Crippen LogP contribution is 2.28. The number of hydrogen-bond donors (Lipinski definition) is 3. The van der Waals surface area contributed by atoms with Gasteiger partial charge >= 0.3 is 6.03 Å². The van der Waals surface area contributed by atoms with Crippen LogP contribution in [-0.4, -0.2) is 11.1 Å². The molecular formula is C9H12N2O2S. The molecule has 5 heteroatoms. The predicted octanol–water partition coefficient (Wildman–Crippen LogP) is 1.74. The fourth-order valence-corrected chi connectivity index (χ4v) is 1.35. The minimum absolute atomic E-state index is 0.192. The second-order valence-electron chi connectivity index (χ2n) is 3.08. The van der Waals surface area contributed by atoms with E-state index in [1.807, 2.05) is 0 Å². The van der Waals surface area contributed by atoms with Gasteiger partial charge in [-0.15, -0.1) is 0 Å². The summed E-state index contributed by atoms with van der Waals surface area (Å²) in [5, 5.41) is 9.39. The Morgan fingerprint density at radius 2 is 2.00 bits per heavy atom. The molecular weight excluding hydrogens is 200 g/mol. The van der Waals surface area contributed by atoms with E-state index in [0.717, 1.165) is 9.87 Å². The highest BCUT2D eigenvalue weighted by molar-refractivity contribution is 7.82. The molecule has 1 rings (SSSR count).